The second-order valence-corrected chi connectivity index (χ2v) is 9.77. The van der Waals surface area contributed by atoms with Crippen LogP contribution in [0.4, 0.5) is 4.79 Å². The molecule has 0 N–H and O–H groups in total. The summed E-state index contributed by atoms with van der Waals surface area (Å²) in [6.07, 6.45) is 16.4. The number of amides is 1. The van der Waals surface area contributed by atoms with E-state index in [0.29, 0.717) is 19.3 Å². The molecule has 1 aliphatic heterocycles. The van der Waals surface area contributed by atoms with E-state index in [2.05, 4.69) is 29.7 Å². The Labute approximate surface area is 212 Å². The van der Waals surface area contributed by atoms with E-state index in [1.807, 2.05) is 49.1 Å². The first-order valence-corrected chi connectivity index (χ1v) is 13.4. The molecule has 1 saturated heterocycles. The Kier molecular flexibility index (Phi) is 11.4. The van der Waals surface area contributed by atoms with Crippen LogP contribution in [0.1, 0.15) is 64.4 Å². The minimum atomic E-state index is -0.184. The summed E-state index contributed by atoms with van der Waals surface area (Å²) in [5.41, 5.74) is 1.03. The summed E-state index contributed by atoms with van der Waals surface area (Å²) in [6, 6.07) is 10.2. The molecule has 0 bridgehead atoms. The zero-order valence-corrected chi connectivity index (χ0v) is 21.7. The number of hydrogen-bond acceptors (Lipinski definition) is 4. The highest BCUT2D eigenvalue weighted by Crippen LogP contribution is 2.31. The molecule has 1 heterocycles. The van der Waals surface area contributed by atoms with Crippen molar-refractivity contribution in [1.29, 1.82) is 0 Å². The van der Waals surface area contributed by atoms with Gasteiger partial charge in [0.1, 0.15) is 12.4 Å². The molecule has 5 nitrogen and oxygen atoms in total. The number of rotatable bonds is 8. The average molecular weight is 481 g/mol. The second kappa shape index (κ2) is 14.8. The molecular weight excluding hydrogens is 436 g/mol. The van der Waals surface area contributed by atoms with Gasteiger partial charge in [0.25, 0.3) is 0 Å². The van der Waals surface area contributed by atoms with Crippen LogP contribution in [0, 0.1) is 5.92 Å². The molecule has 2 aliphatic carbocycles. The van der Waals surface area contributed by atoms with Crippen LogP contribution < -0.4 is 0 Å². The van der Waals surface area contributed by atoms with Gasteiger partial charge in [0.15, 0.2) is 0 Å². The number of piperidine rings is 1. The molecule has 1 aromatic rings. The largest absolute Gasteiger partial charge is 0.491 e. The number of nitrogens with zero attached hydrogens (tertiary/aromatic N) is 2. The summed E-state index contributed by atoms with van der Waals surface area (Å²) in [5.74, 6) is 1.80. The van der Waals surface area contributed by atoms with Crippen LogP contribution in [0.5, 0.6) is 0 Å². The number of likely N-dealkylation sites (tertiary alicyclic amines) is 1. The normalized spacial score (nSPS) is 22.5. The highest BCUT2D eigenvalue weighted by atomic mass is 16.6. The van der Waals surface area contributed by atoms with Crippen molar-refractivity contribution in [2.24, 2.45) is 5.92 Å². The molecule has 1 unspecified atom stereocenters. The number of benzene rings is 1. The third-order valence-electron chi connectivity index (χ3n) is 7.05. The summed E-state index contributed by atoms with van der Waals surface area (Å²) < 4.78 is 11.8. The van der Waals surface area contributed by atoms with Gasteiger partial charge in [-0.2, -0.15) is 0 Å². The Hall–Kier alpha value is -2.53. The predicted octanol–water partition coefficient (Wildman–Crippen LogP) is 6.72. The molecule has 1 amide bonds. The van der Waals surface area contributed by atoms with Crippen molar-refractivity contribution >= 4 is 6.09 Å². The van der Waals surface area contributed by atoms with Gasteiger partial charge in [-0.3, -0.25) is 0 Å². The van der Waals surface area contributed by atoms with E-state index in [0.717, 1.165) is 69.0 Å². The zero-order chi connectivity index (χ0) is 24.9. The fraction of sp³-hybridized carbons (Fsp3) is 0.567. The lowest BCUT2D eigenvalue weighted by Gasteiger charge is -2.38. The summed E-state index contributed by atoms with van der Waals surface area (Å²) >= 11 is 0. The monoisotopic (exact) mass is 480 g/mol. The van der Waals surface area contributed by atoms with Gasteiger partial charge in [0.05, 0.1) is 6.10 Å². The van der Waals surface area contributed by atoms with Crippen molar-refractivity contribution in [2.75, 3.05) is 26.2 Å². The van der Waals surface area contributed by atoms with Crippen LogP contribution in [0.15, 0.2) is 67.0 Å². The third-order valence-corrected chi connectivity index (χ3v) is 7.05. The molecule has 0 aromatic heterocycles. The Morgan fingerprint density at radius 2 is 1.89 bits per heavy atom. The molecule has 4 rings (SSSR count). The maximum absolute atomic E-state index is 12.7. The molecule has 35 heavy (non-hydrogen) atoms. The molecule has 0 radical (unpaired) electrons. The average Bonchev–Trinajstić information content (AvgIpc) is 3.32. The topological polar surface area (TPSA) is 42.0 Å². The zero-order valence-electron chi connectivity index (χ0n) is 21.7. The standard InChI is InChI=1S/C27H38N2O3.C3H6/c1-2-29(27(30)31-21-22-9-5-3-6-10-22)24-15-17-28(18-16-24)20-23-13-14-26(19-23)32-25-11-7-4-8-12-25;1-3-2/h3,5-7,9-12,23-24,26H,2,4,8,13-21H2,1H3;3H,1H2,2H3/t23-,26?;/m1./s1. The van der Waals surface area contributed by atoms with Crippen molar-refractivity contribution in [3.63, 3.8) is 0 Å². The van der Waals surface area contributed by atoms with Crippen molar-refractivity contribution in [3.8, 4) is 0 Å². The maximum atomic E-state index is 12.7. The van der Waals surface area contributed by atoms with Crippen molar-refractivity contribution in [3.05, 3.63) is 72.5 Å². The molecule has 2 atom stereocenters. The predicted molar refractivity (Wildman–Crippen MR) is 143 cm³/mol. The van der Waals surface area contributed by atoms with Crippen LogP contribution in [-0.2, 0) is 16.1 Å². The van der Waals surface area contributed by atoms with Crippen LogP contribution >= 0.6 is 0 Å². The minimum absolute atomic E-state index is 0.184. The summed E-state index contributed by atoms with van der Waals surface area (Å²) in [6.45, 7) is 11.6. The number of hydrogen-bond donors (Lipinski definition) is 0. The van der Waals surface area contributed by atoms with Crippen LogP contribution in [-0.4, -0.2) is 54.2 Å². The van der Waals surface area contributed by atoms with E-state index in [1.54, 1.807) is 6.08 Å². The number of carbonyl (C=O) groups is 1. The number of carbonyl (C=O) groups excluding carboxylic acids is 1. The van der Waals surface area contributed by atoms with E-state index in [9.17, 15) is 4.79 Å². The minimum Gasteiger partial charge on any atom is -0.491 e. The first-order chi connectivity index (χ1) is 17.1. The van der Waals surface area contributed by atoms with Gasteiger partial charge in [-0.15, -0.1) is 6.58 Å². The second-order valence-electron chi connectivity index (χ2n) is 9.77. The van der Waals surface area contributed by atoms with E-state index in [4.69, 9.17) is 9.47 Å². The lowest BCUT2D eigenvalue weighted by Crippen LogP contribution is -2.48. The SMILES string of the molecule is C=CC.CCN(C(=O)OCc1ccccc1)C1CCN(C[C@@H]2CCC(OC3=CCCC=C3)C2)CC1. The molecule has 2 fully saturated rings. The van der Waals surface area contributed by atoms with Gasteiger partial charge in [-0.25, -0.2) is 4.79 Å². The Balaban J connectivity index is 0.00000108. The summed E-state index contributed by atoms with van der Waals surface area (Å²) in [7, 11) is 0. The van der Waals surface area contributed by atoms with E-state index >= 15 is 0 Å². The molecule has 192 valence electrons. The number of allylic oxidation sites excluding steroid dienone is 4. The smallest absolute Gasteiger partial charge is 0.410 e. The first-order valence-electron chi connectivity index (χ1n) is 13.4. The molecule has 1 saturated carbocycles. The molecule has 3 aliphatic rings. The highest BCUT2D eigenvalue weighted by molar-refractivity contribution is 5.68. The van der Waals surface area contributed by atoms with Crippen molar-refractivity contribution in [2.45, 2.75) is 77.5 Å². The Morgan fingerprint density at radius 1 is 1.14 bits per heavy atom. The van der Waals surface area contributed by atoms with E-state index in [-0.39, 0.29) is 12.1 Å². The van der Waals surface area contributed by atoms with E-state index in [1.165, 1.54) is 12.8 Å². The number of ether oxygens (including phenoxy) is 2. The lowest BCUT2D eigenvalue weighted by atomic mass is 10.0. The first kappa shape index (κ1) is 27.1. The van der Waals surface area contributed by atoms with Crippen LogP contribution in [0.25, 0.3) is 0 Å². The highest BCUT2D eigenvalue weighted by Gasteiger charge is 2.31. The van der Waals surface area contributed by atoms with Gasteiger partial charge in [0, 0.05) is 32.2 Å². The van der Waals surface area contributed by atoms with Gasteiger partial charge in [0.2, 0.25) is 0 Å². The maximum Gasteiger partial charge on any atom is 0.410 e. The molecular formula is C30H44N2O3. The Bertz CT molecular complexity index is 827. The fourth-order valence-corrected chi connectivity index (χ4v) is 5.29. The molecule has 1 aromatic carbocycles. The van der Waals surface area contributed by atoms with Crippen molar-refractivity contribution in [1.82, 2.24) is 9.80 Å². The van der Waals surface area contributed by atoms with Gasteiger partial charge in [-0.1, -0.05) is 42.5 Å². The van der Waals surface area contributed by atoms with Gasteiger partial charge in [-0.05, 0) is 82.4 Å². The Morgan fingerprint density at radius 3 is 2.54 bits per heavy atom. The van der Waals surface area contributed by atoms with Gasteiger partial charge < -0.3 is 19.3 Å². The van der Waals surface area contributed by atoms with Crippen LogP contribution in [0.3, 0.4) is 0 Å². The van der Waals surface area contributed by atoms with Crippen LogP contribution in [0.2, 0.25) is 0 Å². The third kappa shape index (κ3) is 8.88. The quantitative estimate of drug-likeness (QED) is 0.387. The molecule has 5 heteroatoms. The lowest BCUT2D eigenvalue weighted by molar-refractivity contribution is 0.0598. The summed E-state index contributed by atoms with van der Waals surface area (Å²) in [5, 5.41) is 0. The van der Waals surface area contributed by atoms with E-state index < -0.39 is 0 Å². The summed E-state index contributed by atoms with van der Waals surface area (Å²) in [4.78, 5) is 17.2. The van der Waals surface area contributed by atoms with Gasteiger partial charge >= 0.3 is 6.09 Å². The van der Waals surface area contributed by atoms with Crippen molar-refractivity contribution < 1.29 is 14.3 Å². The fourth-order valence-electron chi connectivity index (χ4n) is 5.29. The molecule has 0 spiro atoms.